The highest BCUT2D eigenvalue weighted by atomic mass is 16.3. The Morgan fingerprint density at radius 1 is 1.18 bits per heavy atom. The third-order valence-corrected chi connectivity index (χ3v) is 3.29. The van der Waals surface area contributed by atoms with Gasteiger partial charge in [-0.05, 0) is 36.2 Å². The van der Waals surface area contributed by atoms with Gasteiger partial charge in [-0.3, -0.25) is 4.79 Å². The summed E-state index contributed by atoms with van der Waals surface area (Å²) in [5.74, 6) is 0.933. The molecule has 0 aliphatic carbocycles. The van der Waals surface area contributed by atoms with E-state index in [-0.39, 0.29) is 5.91 Å². The van der Waals surface area contributed by atoms with Crippen LogP contribution >= 0.6 is 0 Å². The Morgan fingerprint density at radius 2 is 1.95 bits per heavy atom. The van der Waals surface area contributed by atoms with Gasteiger partial charge < -0.3 is 9.73 Å². The van der Waals surface area contributed by atoms with E-state index in [1.807, 2.05) is 62.4 Å². The van der Waals surface area contributed by atoms with Crippen molar-refractivity contribution in [3.05, 3.63) is 48.5 Å². The molecule has 0 saturated heterocycles. The van der Waals surface area contributed by atoms with Crippen LogP contribution in [0.4, 0.5) is 5.69 Å². The Balaban J connectivity index is 1.86. The van der Waals surface area contributed by atoms with Gasteiger partial charge in [-0.2, -0.15) is 0 Å². The molecular formula is C18H18N2O2. The molecule has 1 heterocycles. The van der Waals surface area contributed by atoms with Crippen LogP contribution in [0.15, 0.2) is 52.9 Å². The molecule has 112 valence electrons. The van der Waals surface area contributed by atoms with E-state index in [0.717, 1.165) is 16.8 Å². The Hall–Kier alpha value is -2.62. The Morgan fingerprint density at radius 3 is 2.68 bits per heavy atom. The van der Waals surface area contributed by atoms with Gasteiger partial charge in [-0.1, -0.05) is 32.0 Å². The molecule has 0 saturated carbocycles. The van der Waals surface area contributed by atoms with Gasteiger partial charge in [0, 0.05) is 17.7 Å². The number of fused-ring (bicyclic) bond motifs is 1. The average Bonchev–Trinajstić information content (AvgIpc) is 2.90. The number of benzene rings is 2. The lowest BCUT2D eigenvalue weighted by molar-refractivity contribution is -0.116. The first-order valence-electron chi connectivity index (χ1n) is 7.37. The van der Waals surface area contributed by atoms with Gasteiger partial charge in [0.1, 0.15) is 5.52 Å². The van der Waals surface area contributed by atoms with Crippen LogP contribution in [-0.4, -0.2) is 10.9 Å². The molecule has 3 rings (SSSR count). The lowest BCUT2D eigenvalue weighted by atomic mass is 10.1. The zero-order chi connectivity index (χ0) is 15.5. The molecule has 22 heavy (non-hydrogen) atoms. The van der Waals surface area contributed by atoms with Crippen LogP contribution in [0.25, 0.3) is 22.6 Å². The van der Waals surface area contributed by atoms with Crippen molar-refractivity contribution in [2.75, 3.05) is 5.32 Å². The molecule has 0 bridgehead atoms. The largest absolute Gasteiger partial charge is 0.436 e. The summed E-state index contributed by atoms with van der Waals surface area (Å²) in [5, 5.41) is 2.89. The Kier molecular flexibility index (Phi) is 3.92. The summed E-state index contributed by atoms with van der Waals surface area (Å²) in [6.07, 6.45) is 0.506. The minimum atomic E-state index is 0.0149. The fourth-order valence-corrected chi connectivity index (χ4v) is 2.29. The van der Waals surface area contributed by atoms with E-state index < -0.39 is 0 Å². The summed E-state index contributed by atoms with van der Waals surface area (Å²) in [6.45, 7) is 4.04. The van der Waals surface area contributed by atoms with E-state index in [4.69, 9.17) is 4.42 Å². The first-order chi connectivity index (χ1) is 10.6. The van der Waals surface area contributed by atoms with Crippen LogP contribution in [0.5, 0.6) is 0 Å². The van der Waals surface area contributed by atoms with Gasteiger partial charge in [0.05, 0.1) is 0 Å². The molecule has 1 aromatic heterocycles. The summed E-state index contributed by atoms with van der Waals surface area (Å²) in [6, 6.07) is 15.3. The van der Waals surface area contributed by atoms with Crippen molar-refractivity contribution in [1.82, 2.24) is 4.98 Å². The predicted molar refractivity (Wildman–Crippen MR) is 87.5 cm³/mol. The van der Waals surface area contributed by atoms with Crippen molar-refractivity contribution in [3.8, 4) is 11.5 Å². The molecule has 1 amide bonds. The summed E-state index contributed by atoms with van der Waals surface area (Å²) in [5.41, 5.74) is 3.12. The molecule has 0 radical (unpaired) electrons. The zero-order valence-corrected chi connectivity index (χ0v) is 12.7. The highest BCUT2D eigenvalue weighted by molar-refractivity contribution is 5.93. The number of hydrogen-bond acceptors (Lipinski definition) is 3. The summed E-state index contributed by atoms with van der Waals surface area (Å²) >= 11 is 0. The van der Waals surface area contributed by atoms with Crippen LogP contribution in [0.1, 0.15) is 20.3 Å². The second kappa shape index (κ2) is 6.02. The number of carbonyl (C=O) groups excluding carboxylic acids is 1. The number of nitrogens with one attached hydrogen (secondary N) is 1. The number of hydrogen-bond donors (Lipinski definition) is 1. The first kappa shape index (κ1) is 14.3. The highest BCUT2D eigenvalue weighted by Gasteiger charge is 2.10. The molecular weight excluding hydrogens is 276 g/mol. The van der Waals surface area contributed by atoms with Gasteiger partial charge in [0.15, 0.2) is 5.58 Å². The molecule has 0 fully saturated rings. The number of oxazole rings is 1. The lowest BCUT2D eigenvalue weighted by Crippen LogP contribution is -2.13. The van der Waals surface area contributed by atoms with E-state index in [2.05, 4.69) is 10.3 Å². The van der Waals surface area contributed by atoms with Gasteiger partial charge >= 0.3 is 0 Å². The SMILES string of the molecule is CC(C)CC(=O)Nc1ccc2oc(-c3ccccc3)nc2c1. The predicted octanol–water partition coefficient (Wildman–Crippen LogP) is 4.48. The van der Waals surface area contributed by atoms with E-state index in [9.17, 15) is 4.79 Å². The second-order valence-corrected chi connectivity index (χ2v) is 5.71. The van der Waals surface area contributed by atoms with Gasteiger partial charge in [-0.25, -0.2) is 4.98 Å². The van der Waals surface area contributed by atoms with Crippen LogP contribution in [0.2, 0.25) is 0 Å². The van der Waals surface area contributed by atoms with Crippen molar-refractivity contribution in [1.29, 1.82) is 0 Å². The van der Waals surface area contributed by atoms with Crippen molar-refractivity contribution in [3.63, 3.8) is 0 Å². The van der Waals surface area contributed by atoms with Crippen molar-refractivity contribution < 1.29 is 9.21 Å². The van der Waals surface area contributed by atoms with Crippen molar-refractivity contribution >= 4 is 22.7 Å². The quantitative estimate of drug-likeness (QED) is 0.772. The normalized spacial score (nSPS) is 11.0. The maximum absolute atomic E-state index is 11.8. The van der Waals surface area contributed by atoms with E-state index in [0.29, 0.717) is 23.8 Å². The number of amides is 1. The zero-order valence-electron chi connectivity index (χ0n) is 12.7. The highest BCUT2D eigenvalue weighted by Crippen LogP contribution is 2.26. The van der Waals surface area contributed by atoms with Crippen LogP contribution in [-0.2, 0) is 4.79 Å². The fourth-order valence-electron chi connectivity index (χ4n) is 2.29. The molecule has 3 aromatic rings. The van der Waals surface area contributed by atoms with E-state index in [1.54, 1.807) is 0 Å². The van der Waals surface area contributed by atoms with Crippen LogP contribution in [0.3, 0.4) is 0 Å². The number of rotatable bonds is 4. The maximum atomic E-state index is 11.8. The van der Waals surface area contributed by atoms with E-state index in [1.165, 1.54) is 0 Å². The lowest BCUT2D eigenvalue weighted by Gasteiger charge is -2.06. The topological polar surface area (TPSA) is 55.1 Å². The molecule has 0 spiro atoms. The third kappa shape index (κ3) is 3.17. The fraction of sp³-hybridized carbons (Fsp3) is 0.222. The maximum Gasteiger partial charge on any atom is 0.227 e. The van der Waals surface area contributed by atoms with Crippen LogP contribution in [0, 0.1) is 5.92 Å². The molecule has 0 atom stereocenters. The molecule has 1 N–H and O–H groups in total. The summed E-state index contributed by atoms with van der Waals surface area (Å²) < 4.78 is 5.75. The molecule has 4 heteroatoms. The van der Waals surface area contributed by atoms with Crippen molar-refractivity contribution in [2.45, 2.75) is 20.3 Å². The molecule has 0 aliphatic rings. The number of nitrogens with zero attached hydrogens (tertiary/aromatic N) is 1. The monoisotopic (exact) mass is 294 g/mol. The van der Waals surface area contributed by atoms with Crippen LogP contribution < -0.4 is 5.32 Å². The molecule has 0 unspecified atom stereocenters. The number of aromatic nitrogens is 1. The smallest absolute Gasteiger partial charge is 0.227 e. The van der Waals surface area contributed by atoms with Crippen molar-refractivity contribution in [2.24, 2.45) is 5.92 Å². The van der Waals surface area contributed by atoms with Gasteiger partial charge in [0.25, 0.3) is 0 Å². The first-order valence-corrected chi connectivity index (χ1v) is 7.37. The summed E-state index contributed by atoms with van der Waals surface area (Å²) in [4.78, 5) is 16.3. The Labute approximate surface area is 129 Å². The molecule has 4 nitrogen and oxygen atoms in total. The van der Waals surface area contributed by atoms with E-state index >= 15 is 0 Å². The minimum Gasteiger partial charge on any atom is -0.436 e. The third-order valence-electron chi connectivity index (χ3n) is 3.29. The molecule has 0 aliphatic heterocycles. The van der Waals surface area contributed by atoms with Gasteiger partial charge in [0.2, 0.25) is 11.8 Å². The number of anilines is 1. The standard InChI is InChI=1S/C18H18N2O2/c1-12(2)10-17(21)19-14-8-9-16-15(11-14)20-18(22-16)13-6-4-3-5-7-13/h3-9,11-12H,10H2,1-2H3,(H,19,21). The Bertz CT molecular complexity index is 791. The number of carbonyl (C=O) groups is 1. The molecule has 2 aromatic carbocycles. The second-order valence-electron chi connectivity index (χ2n) is 5.71. The van der Waals surface area contributed by atoms with Gasteiger partial charge in [-0.15, -0.1) is 0 Å². The minimum absolute atomic E-state index is 0.0149. The summed E-state index contributed by atoms with van der Waals surface area (Å²) in [7, 11) is 0. The average molecular weight is 294 g/mol.